The van der Waals surface area contributed by atoms with Crippen LogP contribution in [0.15, 0.2) is 85.3 Å². The molecule has 0 fully saturated rings. The Bertz CT molecular complexity index is 1300. The van der Waals surface area contributed by atoms with Crippen LogP contribution in [0.3, 0.4) is 0 Å². The Morgan fingerprint density at radius 3 is 2.66 bits per heavy atom. The minimum atomic E-state index is -0.497. The van der Waals surface area contributed by atoms with Gasteiger partial charge in [0.2, 0.25) is 5.91 Å². The third kappa shape index (κ3) is 4.59. The largest absolute Gasteiger partial charge is 0.322 e. The van der Waals surface area contributed by atoms with Crippen LogP contribution in [0.4, 0.5) is 11.4 Å². The number of hydrogen-bond acceptors (Lipinski definition) is 5. The SMILES string of the molecule is Cc1ccc([N+](=O)[O-])cc1NC(=O)C=Cc1cn(-c2ccccc2)nc1-c1cccnc1. The lowest BCUT2D eigenvalue weighted by Gasteiger charge is -2.06. The smallest absolute Gasteiger partial charge is 0.271 e. The molecule has 2 aromatic carbocycles. The molecule has 0 bridgehead atoms. The Hall–Kier alpha value is -4.59. The Morgan fingerprint density at radius 1 is 1.12 bits per heavy atom. The highest BCUT2D eigenvalue weighted by Crippen LogP contribution is 2.25. The first-order valence-corrected chi connectivity index (χ1v) is 9.81. The van der Waals surface area contributed by atoms with E-state index in [0.29, 0.717) is 11.4 Å². The second kappa shape index (κ2) is 9.05. The summed E-state index contributed by atoms with van der Waals surface area (Å²) in [6.45, 7) is 1.77. The van der Waals surface area contributed by atoms with Crippen LogP contribution >= 0.6 is 0 Å². The zero-order valence-corrected chi connectivity index (χ0v) is 17.2. The van der Waals surface area contributed by atoms with Gasteiger partial charge < -0.3 is 5.32 Å². The Kier molecular flexibility index (Phi) is 5.85. The van der Waals surface area contributed by atoms with Gasteiger partial charge in [-0.2, -0.15) is 5.10 Å². The number of nitro groups is 1. The summed E-state index contributed by atoms with van der Waals surface area (Å²) in [6, 6.07) is 17.7. The number of anilines is 1. The average molecular weight is 425 g/mol. The fraction of sp³-hybridized carbons (Fsp3) is 0.0417. The van der Waals surface area contributed by atoms with Gasteiger partial charge in [0, 0.05) is 47.9 Å². The lowest BCUT2D eigenvalue weighted by molar-refractivity contribution is -0.384. The van der Waals surface area contributed by atoms with Crippen LogP contribution in [-0.4, -0.2) is 25.6 Å². The fourth-order valence-electron chi connectivity index (χ4n) is 3.15. The molecule has 158 valence electrons. The quantitative estimate of drug-likeness (QED) is 0.271. The maximum Gasteiger partial charge on any atom is 0.271 e. The maximum atomic E-state index is 12.5. The van der Waals surface area contributed by atoms with Gasteiger partial charge in [-0.1, -0.05) is 24.3 Å². The summed E-state index contributed by atoms with van der Waals surface area (Å²) < 4.78 is 1.74. The summed E-state index contributed by atoms with van der Waals surface area (Å²) in [7, 11) is 0. The number of non-ortho nitro benzene ring substituents is 1. The number of nitro benzene ring substituents is 1. The number of nitrogens with one attached hydrogen (secondary N) is 1. The second-order valence-electron chi connectivity index (χ2n) is 7.03. The summed E-state index contributed by atoms with van der Waals surface area (Å²) in [4.78, 5) is 27.2. The Balaban J connectivity index is 1.63. The zero-order chi connectivity index (χ0) is 22.5. The molecule has 0 saturated heterocycles. The predicted molar refractivity (Wildman–Crippen MR) is 122 cm³/mol. The van der Waals surface area contributed by atoms with E-state index < -0.39 is 10.8 Å². The lowest BCUT2D eigenvalue weighted by Crippen LogP contribution is -2.09. The number of para-hydroxylation sites is 1. The molecule has 4 aromatic rings. The van der Waals surface area contributed by atoms with E-state index in [0.717, 1.165) is 22.4 Å². The first-order valence-electron chi connectivity index (χ1n) is 9.81. The van der Waals surface area contributed by atoms with Crippen molar-refractivity contribution < 1.29 is 9.72 Å². The van der Waals surface area contributed by atoms with Crippen molar-refractivity contribution in [3.63, 3.8) is 0 Å². The summed E-state index contributed by atoms with van der Waals surface area (Å²) in [5.41, 5.74) is 4.14. The molecule has 1 N–H and O–H groups in total. The van der Waals surface area contributed by atoms with Crippen LogP contribution in [0.1, 0.15) is 11.1 Å². The summed E-state index contributed by atoms with van der Waals surface area (Å²) in [6.07, 6.45) is 8.27. The van der Waals surface area contributed by atoms with Crippen LogP contribution in [0.2, 0.25) is 0 Å². The van der Waals surface area contributed by atoms with Gasteiger partial charge in [0.05, 0.1) is 16.3 Å². The van der Waals surface area contributed by atoms with Gasteiger partial charge in [-0.25, -0.2) is 4.68 Å². The third-order valence-corrected chi connectivity index (χ3v) is 4.80. The molecule has 4 rings (SSSR count). The van der Waals surface area contributed by atoms with E-state index in [4.69, 9.17) is 0 Å². The molecule has 2 heterocycles. The lowest BCUT2D eigenvalue weighted by atomic mass is 10.1. The maximum absolute atomic E-state index is 12.5. The molecule has 0 atom stereocenters. The molecular weight excluding hydrogens is 406 g/mol. The number of nitrogens with zero attached hydrogens (tertiary/aromatic N) is 4. The molecule has 0 aliphatic heterocycles. The zero-order valence-electron chi connectivity index (χ0n) is 17.2. The number of aryl methyl sites for hydroxylation is 1. The number of benzene rings is 2. The van der Waals surface area contributed by atoms with Crippen molar-refractivity contribution in [2.75, 3.05) is 5.32 Å². The first kappa shape index (κ1) is 20.7. The summed E-state index contributed by atoms with van der Waals surface area (Å²) >= 11 is 0. The molecule has 8 heteroatoms. The van der Waals surface area contributed by atoms with Gasteiger partial charge in [0.15, 0.2) is 0 Å². The van der Waals surface area contributed by atoms with Gasteiger partial charge in [-0.15, -0.1) is 0 Å². The average Bonchev–Trinajstić information content (AvgIpc) is 3.24. The van der Waals surface area contributed by atoms with Gasteiger partial charge in [0.25, 0.3) is 5.69 Å². The number of amides is 1. The number of pyridine rings is 1. The molecule has 32 heavy (non-hydrogen) atoms. The van der Waals surface area contributed by atoms with Crippen LogP contribution < -0.4 is 5.32 Å². The molecule has 1 amide bonds. The predicted octanol–water partition coefficient (Wildman–Crippen LogP) is 4.80. The molecule has 0 aliphatic carbocycles. The molecule has 0 radical (unpaired) electrons. The number of carbonyl (C=O) groups is 1. The van der Waals surface area contributed by atoms with E-state index >= 15 is 0 Å². The van der Waals surface area contributed by atoms with Crippen molar-refractivity contribution in [1.29, 1.82) is 0 Å². The number of hydrogen-bond donors (Lipinski definition) is 1. The molecule has 0 spiro atoms. The molecule has 2 aromatic heterocycles. The topological polar surface area (TPSA) is 103 Å². The minimum absolute atomic E-state index is 0.0853. The number of rotatable bonds is 6. The van der Waals surface area contributed by atoms with E-state index in [-0.39, 0.29) is 5.69 Å². The summed E-state index contributed by atoms with van der Waals surface area (Å²) in [5, 5.41) is 18.4. The third-order valence-electron chi connectivity index (χ3n) is 4.80. The first-order chi connectivity index (χ1) is 15.5. The van der Waals surface area contributed by atoms with Crippen molar-refractivity contribution >= 4 is 23.4 Å². The van der Waals surface area contributed by atoms with Crippen LogP contribution in [0, 0.1) is 17.0 Å². The van der Waals surface area contributed by atoms with E-state index in [2.05, 4.69) is 15.4 Å². The van der Waals surface area contributed by atoms with Crippen LogP contribution in [0.25, 0.3) is 23.0 Å². The van der Waals surface area contributed by atoms with Crippen molar-refractivity contribution in [2.24, 2.45) is 0 Å². The number of aromatic nitrogens is 3. The molecular formula is C24H19N5O3. The highest BCUT2D eigenvalue weighted by Gasteiger charge is 2.12. The normalized spacial score (nSPS) is 10.9. The highest BCUT2D eigenvalue weighted by atomic mass is 16.6. The van der Waals surface area contributed by atoms with Gasteiger partial charge in [-0.05, 0) is 42.8 Å². The van der Waals surface area contributed by atoms with E-state index in [1.165, 1.54) is 18.2 Å². The standard InChI is InChI=1S/C24H19N5O3/c1-17-9-11-21(29(31)32)14-22(17)26-23(30)12-10-19-16-28(20-7-3-2-4-8-20)27-24(19)18-6-5-13-25-15-18/h2-16H,1H3,(H,26,30). The van der Waals surface area contributed by atoms with Crippen molar-refractivity contribution in [1.82, 2.24) is 14.8 Å². The molecule has 8 nitrogen and oxygen atoms in total. The van der Waals surface area contributed by atoms with Gasteiger partial charge in [0.1, 0.15) is 5.69 Å². The van der Waals surface area contributed by atoms with E-state index in [9.17, 15) is 14.9 Å². The molecule has 0 saturated carbocycles. The highest BCUT2D eigenvalue weighted by molar-refractivity contribution is 6.03. The Labute approximate surface area is 184 Å². The van der Waals surface area contributed by atoms with Crippen molar-refractivity contribution in [3.05, 3.63) is 107 Å². The van der Waals surface area contributed by atoms with Crippen molar-refractivity contribution in [3.8, 4) is 16.9 Å². The van der Waals surface area contributed by atoms with E-state index in [1.54, 1.807) is 36.1 Å². The summed E-state index contributed by atoms with van der Waals surface area (Å²) in [5.74, 6) is -0.404. The van der Waals surface area contributed by atoms with Gasteiger partial charge >= 0.3 is 0 Å². The van der Waals surface area contributed by atoms with Crippen molar-refractivity contribution in [2.45, 2.75) is 6.92 Å². The fourth-order valence-corrected chi connectivity index (χ4v) is 3.15. The molecule has 0 unspecified atom stereocenters. The number of carbonyl (C=O) groups excluding carboxylic acids is 1. The van der Waals surface area contributed by atoms with Gasteiger partial charge in [-0.3, -0.25) is 19.9 Å². The monoisotopic (exact) mass is 425 g/mol. The minimum Gasteiger partial charge on any atom is -0.322 e. The van der Waals surface area contributed by atoms with E-state index in [1.807, 2.05) is 48.7 Å². The van der Waals surface area contributed by atoms with Crippen LogP contribution in [0.5, 0.6) is 0 Å². The molecule has 0 aliphatic rings. The Morgan fingerprint density at radius 2 is 1.94 bits per heavy atom. The van der Waals surface area contributed by atoms with Crippen LogP contribution in [-0.2, 0) is 4.79 Å². The second-order valence-corrected chi connectivity index (χ2v) is 7.03.